The third-order valence-electron chi connectivity index (χ3n) is 6.49. The van der Waals surface area contributed by atoms with E-state index < -0.39 is 54.0 Å². The standard InChI is InChI=1S/C27H41NO9/c1-8-13-34-27(33)35-18(7)17(6)22(23(28)24(29)30)19-11-12-20(36-25(31)15(4)9-2)21(14-19)37-26(32)16(5)10-3/h11-12,14-18,22-23H,8-10,13,28H2,1-7H3,(H,29,30)/t15?,16?,17?,18?,22?,23-/m0/s1. The Morgan fingerprint density at radius 2 is 1.43 bits per heavy atom. The number of aliphatic carboxylic acids is 1. The average Bonchev–Trinajstić information content (AvgIpc) is 2.87. The summed E-state index contributed by atoms with van der Waals surface area (Å²) in [5.41, 5.74) is 6.49. The number of esters is 2. The molecule has 0 saturated heterocycles. The third-order valence-corrected chi connectivity index (χ3v) is 6.49. The average molecular weight is 524 g/mol. The highest BCUT2D eigenvalue weighted by molar-refractivity contribution is 5.79. The molecule has 0 aromatic heterocycles. The van der Waals surface area contributed by atoms with E-state index in [0.717, 1.165) is 0 Å². The lowest BCUT2D eigenvalue weighted by Gasteiger charge is -2.31. The molecule has 0 radical (unpaired) electrons. The number of carboxylic acid groups (broad SMARTS) is 1. The van der Waals surface area contributed by atoms with Crippen LogP contribution in [0.25, 0.3) is 0 Å². The Morgan fingerprint density at radius 3 is 1.92 bits per heavy atom. The minimum Gasteiger partial charge on any atom is -0.480 e. The van der Waals surface area contributed by atoms with Gasteiger partial charge >= 0.3 is 24.1 Å². The van der Waals surface area contributed by atoms with Crippen LogP contribution in [0.1, 0.15) is 79.2 Å². The van der Waals surface area contributed by atoms with Crippen LogP contribution < -0.4 is 15.2 Å². The topological polar surface area (TPSA) is 151 Å². The van der Waals surface area contributed by atoms with Crippen molar-refractivity contribution in [2.75, 3.05) is 6.61 Å². The minimum absolute atomic E-state index is 0.0230. The number of hydrogen-bond acceptors (Lipinski definition) is 9. The maximum atomic E-state index is 12.6. The molecule has 0 aliphatic carbocycles. The largest absolute Gasteiger partial charge is 0.508 e. The Labute approximate surface area is 218 Å². The summed E-state index contributed by atoms with van der Waals surface area (Å²) in [6, 6.07) is 3.08. The molecule has 0 fully saturated rings. The monoisotopic (exact) mass is 523 g/mol. The molecule has 1 aromatic rings. The third kappa shape index (κ3) is 9.35. The molecule has 0 bridgehead atoms. The fourth-order valence-corrected chi connectivity index (χ4v) is 3.41. The number of carboxylic acids is 1. The van der Waals surface area contributed by atoms with Gasteiger partial charge in [-0.1, -0.05) is 47.6 Å². The van der Waals surface area contributed by atoms with Crippen LogP contribution in [-0.2, 0) is 23.9 Å². The van der Waals surface area contributed by atoms with Gasteiger partial charge in [0.2, 0.25) is 0 Å². The van der Waals surface area contributed by atoms with Gasteiger partial charge in [-0.05, 0) is 43.9 Å². The molecule has 10 nitrogen and oxygen atoms in total. The molecule has 0 spiro atoms. The normalized spacial score (nSPS) is 15.9. The molecular formula is C27H41NO9. The Hall–Kier alpha value is -3.14. The van der Waals surface area contributed by atoms with Gasteiger partial charge < -0.3 is 29.8 Å². The molecule has 0 aliphatic heterocycles. The summed E-state index contributed by atoms with van der Waals surface area (Å²) in [6.45, 7) is 12.5. The van der Waals surface area contributed by atoms with Crippen LogP contribution in [0.4, 0.5) is 4.79 Å². The van der Waals surface area contributed by atoms with Crippen molar-refractivity contribution >= 4 is 24.1 Å². The van der Waals surface area contributed by atoms with Gasteiger partial charge in [-0.3, -0.25) is 14.4 Å². The summed E-state index contributed by atoms with van der Waals surface area (Å²) in [4.78, 5) is 48.9. The second-order valence-corrected chi connectivity index (χ2v) is 9.34. The second-order valence-electron chi connectivity index (χ2n) is 9.34. The van der Waals surface area contributed by atoms with E-state index in [-0.39, 0.29) is 24.0 Å². The highest BCUT2D eigenvalue weighted by Crippen LogP contribution is 2.37. The van der Waals surface area contributed by atoms with E-state index in [2.05, 4.69) is 0 Å². The molecule has 3 N–H and O–H groups in total. The zero-order valence-corrected chi connectivity index (χ0v) is 22.8. The quantitative estimate of drug-likeness (QED) is 0.260. The van der Waals surface area contributed by atoms with Gasteiger partial charge in [0.05, 0.1) is 18.4 Å². The molecule has 5 unspecified atom stereocenters. The summed E-state index contributed by atoms with van der Waals surface area (Å²) >= 11 is 0. The number of nitrogens with two attached hydrogens (primary N) is 1. The van der Waals surface area contributed by atoms with Crippen molar-refractivity contribution in [3.63, 3.8) is 0 Å². The van der Waals surface area contributed by atoms with Crippen molar-refractivity contribution < 1.29 is 43.2 Å². The van der Waals surface area contributed by atoms with Gasteiger partial charge in [-0.15, -0.1) is 0 Å². The van der Waals surface area contributed by atoms with Crippen molar-refractivity contribution in [2.45, 2.75) is 85.8 Å². The highest BCUT2D eigenvalue weighted by Gasteiger charge is 2.36. The van der Waals surface area contributed by atoms with Crippen LogP contribution >= 0.6 is 0 Å². The number of rotatable bonds is 14. The van der Waals surface area contributed by atoms with Crippen molar-refractivity contribution in [3.05, 3.63) is 23.8 Å². The molecule has 0 amide bonds. The summed E-state index contributed by atoms with van der Waals surface area (Å²) < 4.78 is 21.4. The zero-order chi connectivity index (χ0) is 28.3. The zero-order valence-electron chi connectivity index (χ0n) is 22.8. The van der Waals surface area contributed by atoms with Crippen molar-refractivity contribution in [1.82, 2.24) is 0 Å². The summed E-state index contributed by atoms with van der Waals surface area (Å²) in [5, 5.41) is 9.71. The van der Waals surface area contributed by atoms with E-state index >= 15 is 0 Å². The lowest BCUT2D eigenvalue weighted by Crippen LogP contribution is -2.42. The Balaban J connectivity index is 3.46. The van der Waals surface area contributed by atoms with Crippen LogP contribution in [-0.4, -0.2) is 47.9 Å². The fraction of sp³-hybridized carbons (Fsp3) is 0.630. The first-order chi connectivity index (χ1) is 17.4. The Kier molecular flexibility index (Phi) is 13.1. The van der Waals surface area contributed by atoms with E-state index in [1.807, 2.05) is 20.8 Å². The van der Waals surface area contributed by atoms with Gasteiger partial charge in [-0.2, -0.15) is 0 Å². The number of hydrogen-bond donors (Lipinski definition) is 2. The predicted octanol–water partition coefficient (Wildman–Crippen LogP) is 4.67. The van der Waals surface area contributed by atoms with Crippen LogP contribution in [0.3, 0.4) is 0 Å². The summed E-state index contributed by atoms with van der Waals surface area (Å²) in [6.07, 6.45) is 0.1000. The Bertz CT molecular complexity index is 932. The van der Waals surface area contributed by atoms with E-state index in [9.17, 15) is 24.3 Å². The van der Waals surface area contributed by atoms with Gasteiger partial charge in [0.15, 0.2) is 11.5 Å². The molecule has 37 heavy (non-hydrogen) atoms. The van der Waals surface area contributed by atoms with Crippen LogP contribution in [0, 0.1) is 17.8 Å². The van der Waals surface area contributed by atoms with Crippen LogP contribution in [0.15, 0.2) is 18.2 Å². The minimum atomic E-state index is -1.38. The van der Waals surface area contributed by atoms with Crippen molar-refractivity contribution in [3.8, 4) is 11.5 Å². The predicted molar refractivity (Wildman–Crippen MR) is 136 cm³/mol. The first-order valence-electron chi connectivity index (χ1n) is 12.8. The van der Waals surface area contributed by atoms with Gasteiger partial charge in [0.1, 0.15) is 12.1 Å². The summed E-state index contributed by atoms with van der Waals surface area (Å²) in [7, 11) is 0. The molecule has 1 aromatic carbocycles. The first-order valence-corrected chi connectivity index (χ1v) is 12.8. The van der Waals surface area contributed by atoms with E-state index in [1.54, 1.807) is 33.8 Å². The highest BCUT2D eigenvalue weighted by atomic mass is 16.7. The maximum absolute atomic E-state index is 12.6. The Morgan fingerprint density at radius 1 is 0.892 bits per heavy atom. The molecular weight excluding hydrogens is 482 g/mol. The van der Waals surface area contributed by atoms with Gasteiger partial charge in [0, 0.05) is 11.8 Å². The molecule has 0 aliphatic rings. The molecule has 10 heteroatoms. The maximum Gasteiger partial charge on any atom is 0.508 e. The summed E-state index contributed by atoms with van der Waals surface area (Å²) in [5.74, 6) is -4.49. The number of ether oxygens (including phenoxy) is 4. The van der Waals surface area contributed by atoms with Gasteiger partial charge in [0.25, 0.3) is 0 Å². The molecule has 1 rings (SSSR count). The van der Waals surface area contributed by atoms with Crippen molar-refractivity contribution in [1.29, 1.82) is 0 Å². The molecule has 0 heterocycles. The number of carbonyl (C=O) groups excluding carboxylic acids is 3. The van der Waals surface area contributed by atoms with Crippen LogP contribution in [0.5, 0.6) is 11.5 Å². The molecule has 208 valence electrons. The molecule has 6 atom stereocenters. The lowest BCUT2D eigenvalue weighted by atomic mass is 9.79. The van der Waals surface area contributed by atoms with E-state index in [4.69, 9.17) is 24.7 Å². The number of carbonyl (C=O) groups is 4. The first kappa shape index (κ1) is 31.9. The smallest absolute Gasteiger partial charge is 0.480 e. The van der Waals surface area contributed by atoms with E-state index in [1.165, 1.54) is 12.1 Å². The fourth-order valence-electron chi connectivity index (χ4n) is 3.41. The lowest BCUT2D eigenvalue weighted by molar-refractivity contribution is -0.141. The number of benzene rings is 1. The molecule has 0 saturated carbocycles. The van der Waals surface area contributed by atoms with Crippen LogP contribution in [0.2, 0.25) is 0 Å². The second kappa shape index (κ2) is 15.2. The van der Waals surface area contributed by atoms with Gasteiger partial charge in [-0.25, -0.2) is 4.79 Å². The van der Waals surface area contributed by atoms with Crippen molar-refractivity contribution in [2.24, 2.45) is 23.5 Å². The van der Waals surface area contributed by atoms with E-state index in [0.29, 0.717) is 24.8 Å². The SMILES string of the molecule is CCCOC(=O)OC(C)C(C)C(c1ccc(OC(=O)C(C)CC)c(OC(=O)C(C)CC)c1)[C@H](N)C(=O)O.